The van der Waals surface area contributed by atoms with E-state index < -0.39 is 0 Å². The first-order chi connectivity index (χ1) is 12.1. The summed E-state index contributed by atoms with van der Waals surface area (Å²) in [5.41, 5.74) is 1.72. The minimum Gasteiger partial charge on any atom is -0.370 e. The van der Waals surface area contributed by atoms with E-state index >= 15 is 0 Å². The third-order valence-corrected chi connectivity index (χ3v) is 5.57. The Bertz CT molecular complexity index is 635. The van der Waals surface area contributed by atoms with Crippen molar-refractivity contribution in [2.75, 3.05) is 44.2 Å². The fraction of sp³-hybridized carbons (Fsp3) is 0.600. The number of para-hydroxylation sites is 1. The largest absolute Gasteiger partial charge is 0.370 e. The summed E-state index contributed by atoms with van der Waals surface area (Å²) in [5.74, 6) is 0.465. The van der Waals surface area contributed by atoms with Gasteiger partial charge in [0.25, 0.3) is 0 Å². The number of hydrogen-bond acceptors (Lipinski definition) is 4. The predicted octanol–water partition coefficient (Wildman–Crippen LogP) is 2.33. The highest BCUT2D eigenvalue weighted by atomic mass is 16.2. The molecular weight excluding hydrogens is 312 g/mol. The van der Waals surface area contributed by atoms with Gasteiger partial charge in [-0.2, -0.15) is 5.26 Å². The molecule has 2 heterocycles. The molecule has 2 aliphatic rings. The normalized spacial score (nSPS) is 19.9. The van der Waals surface area contributed by atoms with Crippen LogP contribution >= 0.6 is 0 Å². The van der Waals surface area contributed by atoms with Gasteiger partial charge in [-0.15, -0.1) is 0 Å². The van der Waals surface area contributed by atoms with E-state index in [-0.39, 0.29) is 5.92 Å². The van der Waals surface area contributed by atoms with Crippen LogP contribution in [0.4, 0.5) is 5.69 Å². The fourth-order valence-corrected chi connectivity index (χ4v) is 3.93. The van der Waals surface area contributed by atoms with Crippen LogP contribution in [0.5, 0.6) is 0 Å². The Kier molecular flexibility index (Phi) is 5.60. The molecule has 1 amide bonds. The summed E-state index contributed by atoms with van der Waals surface area (Å²) in [6.07, 6.45) is 1.76. The Morgan fingerprint density at radius 3 is 2.32 bits per heavy atom. The molecule has 0 atom stereocenters. The molecule has 2 saturated heterocycles. The quantitative estimate of drug-likeness (QED) is 0.847. The number of piperazine rings is 1. The summed E-state index contributed by atoms with van der Waals surface area (Å²) in [7, 11) is 0. The van der Waals surface area contributed by atoms with Gasteiger partial charge in [-0.1, -0.05) is 12.1 Å². The monoisotopic (exact) mass is 340 g/mol. The first-order valence-electron chi connectivity index (χ1n) is 9.37. The number of carbonyl (C=O) groups excluding carboxylic acids is 1. The molecular formula is C20H28N4O. The summed E-state index contributed by atoms with van der Waals surface area (Å²) >= 11 is 0. The molecule has 25 heavy (non-hydrogen) atoms. The smallest absolute Gasteiger partial charge is 0.225 e. The highest BCUT2D eigenvalue weighted by molar-refractivity contribution is 5.79. The number of rotatable bonds is 3. The average Bonchev–Trinajstić information content (AvgIpc) is 2.67. The van der Waals surface area contributed by atoms with Gasteiger partial charge in [-0.05, 0) is 38.8 Å². The number of hydrogen-bond donors (Lipinski definition) is 0. The van der Waals surface area contributed by atoms with Crippen LogP contribution in [0.2, 0.25) is 0 Å². The number of nitrogens with zero attached hydrogens (tertiary/aromatic N) is 4. The number of piperidine rings is 1. The minimum atomic E-state index is 0.135. The van der Waals surface area contributed by atoms with Crippen molar-refractivity contribution in [2.24, 2.45) is 5.92 Å². The van der Waals surface area contributed by atoms with E-state index in [0.29, 0.717) is 11.9 Å². The van der Waals surface area contributed by atoms with Gasteiger partial charge in [0, 0.05) is 51.2 Å². The molecule has 134 valence electrons. The maximum atomic E-state index is 12.8. The summed E-state index contributed by atoms with van der Waals surface area (Å²) in [4.78, 5) is 19.6. The number of anilines is 1. The van der Waals surface area contributed by atoms with Crippen LogP contribution in [0.15, 0.2) is 24.3 Å². The number of carbonyl (C=O) groups is 1. The number of benzene rings is 1. The van der Waals surface area contributed by atoms with Crippen molar-refractivity contribution in [3.8, 4) is 6.07 Å². The predicted molar refractivity (Wildman–Crippen MR) is 99.4 cm³/mol. The van der Waals surface area contributed by atoms with E-state index in [9.17, 15) is 10.1 Å². The van der Waals surface area contributed by atoms with E-state index in [1.54, 1.807) is 0 Å². The lowest BCUT2D eigenvalue weighted by Gasteiger charge is -2.40. The van der Waals surface area contributed by atoms with E-state index in [1.807, 2.05) is 24.3 Å². The van der Waals surface area contributed by atoms with Crippen LogP contribution in [0, 0.1) is 17.2 Å². The summed E-state index contributed by atoms with van der Waals surface area (Å²) in [6.45, 7) is 9.80. The molecule has 1 aromatic carbocycles. The van der Waals surface area contributed by atoms with E-state index in [4.69, 9.17) is 0 Å². The molecule has 0 saturated carbocycles. The SMILES string of the molecule is CC(C)N1CCN(C(=O)C2CCN(c3ccccc3C#N)CC2)CC1. The van der Waals surface area contributed by atoms with Crippen LogP contribution in [-0.2, 0) is 4.79 Å². The van der Waals surface area contributed by atoms with Crippen LogP contribution in [0.3, 0.4) is 0 Å². The van der Waals surface area contributed by atoms with Gasteiger partial charge >= 0.3 is 0 Å². The average molecular weight is 340 g/mol. The molecule has 5 heteroatoms. The van der Waals surface area contributed by atoms with Crippen molar-refractivity contribution < 1.29 is 4.79 Å². The summed E-state index contributed by atoms with van der Waals surface area (Å²) in [6, 6.07) is 10.6. The molecule has 0 N–H and O–H groups in total. The second-order valence-corrected chi connectivity index (χ2v) is 7.35. The number of amides is 1. The zero-order valence-electron chi connectivity index (χ0n) is 15.3. The second-order valence-electron chi connectivity index (χ2n) is 7.35. The molecule has 0 spiro atoms. The maximum Gasteiger partial charge on any atom is 0.225 e. The lowest BCUT2D eigenvalue weighted by molar-refractivity contribution is -0.138. The van der Waals surface area contributed by atoms with Gasteiger partial charge in [0.1, 0.15) is 6.07 Å². The molecule has 0 bridgehead atoms. The molecule has 2 fully saturated rings. The van der Waals surface area contributed by atoms with E-state index in [0.717, 1.165) is 63.4 Å². The standard InChI is InChI=1S/C20H28N4O/c1-16(2)22-11-13-24(14-12-22)20(25)17-7-9-23(10-8-17)19-6-4-3-5-18(19)15-21/h3-6,16-17H,7-14H2,1-2H3. The van der Waals surface area contributed by atoms with Crippen LogP contribution in [0.25, 0.3) is 0 Å². The molecule has 0 aliphatic carbocycles. The van der Waals surface area contributed by atoms with Crippen molar-refractivity contribution in [3.63, 3.8) is 0 Å². The van der Waals surface area contributed by atoms with Gasteiger partial charge < -0.3 is 9.80 Å². The second kappa shape index (κ2) is 7.88. The highest BCUT2D eigenvalue weighted by Crippen LogP contribution is 2.27. The first kappa shape index (κ1) is 17.8. The Labute approximate surface area is 150 Å². The minimum absolute atomic E-state index is 0.135. The third kappa shape index (κ3) is 3.96. The van der Waals surface area contributed by atoms with Gasteiger partial charge in [-0.3, -0.25) is 9.69 Å². The first-order valence-corrected chi connectivity index (χ1v) is 9.37. The van der Waals surface area contributed by atoms with Gasteiger partial charge in [0.2, 0.25) is 5.91 Å². The van der Waals surface area contributed by atoms with Crippen LogP contribution in [0.1, 0.15) is 32.3 Å². The van der Waals surface area contributed by atoms with Crippen molar-refractivity contribution in [3.05, 3.63) is 29.8 Å². The Balaban J connectivity index is 1.54. The lowest BCUT2D eigenvalue weighted by atomic mass is 9.94. The molecule has 0 aromatic heterocycles. The molecule has 0 radical (unpaired) electrons. The zero-order valence-corrected chi connectivity index (χ0v) is 15.3. The fourth-order valence-electron chi connectivity index (χ4n) is 3.93. The van der Waals surface area contributed by atoms with E-state index in [1.165, 1.54) is 0 Å². The van der Waals surface area contributed by atoms with Crippen molar-refractivity contribution in [1.29, 1.82) is 5.26 Å². The highest BCUT2D eigenvalue weighted by Gasteiger charge is 2.31. The van der Waals surface area contributed by atoms with Crippen molar-refractivity contribution in [2.45, 2.75) is 32.7 Å². The van der Waals surface area contributed by atoms with Crippen LogP contribution in [-0.4, -0.2) is 61.0 Å². The Morgan fingerprint density at radius 1 is 1.08 bits per heavy atom. The van der Waals surface area contributed by atoms with E-state index in [2.05, 4.69) is 34.6 Å². The topological polar surface area (TPSA) is 50.6 Å². The van der Waals surface area contributed by atoms with Crippen LogP contribution < -0.4 is 4.90 Å². The summed E-state index contributed by atoms with van der Waals surface area (Å²) < 4.78 is 0. The Hall–Kier alpha value is -2.06. The summed E-state index contributed by atoms with van der Waals surface area (Å²) in [5, 5.41) is 9.28. The van der Waals surface area contributed by atoms with Crippen molar-refractivity contribution in [1.82, 2.24) is 9.80 Å². The molecule has 3 rings (SSSR count). The van der Waals surface area contributed by atoms with Gasteiger partial charge in [-0.25, -0.2) is 0 Å². The Morgan fingerprint density at radius 2 is 1.72 bits per heavy atom. The lowest BCUT2D eigenvalue weighted by Crippen LogP contribution is -2.53. The maximum absolute atomic E-state index is 12.8. The zero-order chi connectivity index (χ0) is 17.8. The number of nitriles is 1. The molecule has 5 nitrogen and oxygen atoms in total. The molecule has 0 unspecified atom stereocenters. The van der Waals surface area contributed by atoms with Crippen molar-refractivity contribution >= 4 is 11.6 Å². The van der Waals surface area contributed by atoms with Gasteiger partial charge in [0.05, 0.1) is 11.3 Å². The molecule has 2 aliphatic heterocycles. The third-order valence-electron chi connectivity index (χ3n) is 5.57. The van der Waals surface area contributed by atoms with Gasteiger partial charge in [0.15, 0.2) is 0 Å². The molecule has 1 aromatic rings.